The number of carbonyl (C=O) groups excluding carboxylic acids is 2. The van der Waals surface area contributed by atoms with Gasteiger partial charge in [-0.25, -0.2) is 4.79 Å². The van der Waals surface area contributed by atoms with E-state index in [9.17, 15) is 9.59 Å². The molecule has 108 valence electrons. The summed E-state index contributed by atoms with van der Waals surface area (Å²) >= 11 is 0. The van der Waals surface area contributed by atoms with Crippen molar-refractivity contribution in [3.63, 3.8) is 0 Å². The van der Waals surface area contributed by atoms with Crippen molar-refractivity contribution >= 4 is 23.4 Å². The third kappa shape index (κ3) is 4.31. The first kappa shape index (κ1) is 14.5. The maximum absolute atomic E-state index is 12.0. The second-order valence-electron chi connectivity index (χ2n) is 4.12. The molecule has 6 heteroatoms. The maximum atomic E-state index is 12.0. The lowest BCUT2D eigenvalue weighted by Gasteiger charge is -2.08. The van der Waals surface area contributed by atoms with Gasteiger partial charge in [-0.1, -0.05) is 6.07 Å². The maximum Gasteiger partial charge on any atom is 0.411 e. The van der Waals surface area contributed by atoms with Crippen LogP contribution in [0.1, 0.15) is 17.3 Å². The zero-order valence-electron chi connectivity index (χ0n) is 11.5. The van der Waals surface area contributed by atoms with Gasteiger partial charge in [-0.05, 0) is 37.3 Å². The van der Waals surface area contributed by atoms with E-state index >= 15 is 0 Å². The highest BCUT2D eigenvalue weighted by Gasteiger charge is 2.07. The summed E-state index contributed by atoms with van der Waals surface area (Å²) in [5, 5.41) is 5.30. The number of carbonyl (C=O) groups is 2. The molecule has 0 bridgehead atoms. The lowest BCUT2D eigenvalue weighted by atomic mass is 10.2. The fraction of sp³-hybridized carbons (Fsp3) is 0.133. The number of nitrogens with zero attached hydrogens (tertiary/aromatic N) is 1. The molecular formula is C15H15N3O3. The van der Waals surface area contributed by atoms with Crippen molar-refractivity contribution in [3.8, 4) is 0 Å². The normalized spacial score (nSPS) is 9.76. The van der Waals surface area contributed by atoms with Crippen LogP contribution in [0.5, 0.6) is 0 Å². The van der Waals surface area contributed by atoms with Crippen molar-refractivity contribution in [2.45, 2.75) is 6.92 Å². The predicted molar refractivity (Wildman–Crippen MR) is 79.3 cm³/mol. The van der Waals surface area contributed by atoms with Crippen molar-refractivity contribution < 1.29 is 14.3 Å². The van der Waals surface area contributed by atoms with Gasteiger partial charge in [0.2, 0.25) is 0 Å². The topological polar surface area (TPSA) is 80.3 Å². The molecule has 21 heavy (non-hydrogen) atoms. The van der Waals surface area contributed by atoms with Crippen molar-refractivity contribution in [2.24, 2.45) is 0 Å². The van der Waals surface area contributed by atoms with Gasteiger partial charge < -0.3 is 10.1 Å². The smallest absolute Gasteiger partial charge is 0.411 e. The van der Waals surface area contributed by atoms with Crippen LogP contribution < -0.4 is 10.6 Å². The highest BCUT2D eigenvalue weighted by atomic mass is 16.5. The molecule has 1 heterocycles. The zero-order valence-corrected chi connectivity index (χ0v) is 11.5. The second-order valence-corrected chi connectivity index (χ2v) is 4.12. The number of aromatic nitrogens is 1. The van der Waals surface area contributed by atoms with E-state index < -0.39 is 6.09 Å². The molecule has 0 saturated carbocycles. The number of nitrogens with one attached hydrogen (secondary N) is 2. The van der Waals surface area contributed by atoms with E-state index in [1.54, 1.807) is 49.5 Å². The SMILES string of the molecule is CCOC(=O)Nc1cccc(NC(=O)c2cccnc2)c1. The number of hydrogen-bond donors (Lipinski definition) is 2. The van der Waals surface area contributed by atoms with E-state index in [0.29, 0.717) is 23.5 Å². The fourth-order valence-electron chi connectivity index (χ4n) is 1.66. The summed E-state index contributed by atoms with van der Waals surface area (Å²) in [6, 6.07) is 10.2. The number of amides is 2. The molecule has 1 aromatic heterocycles. The molecule has 0 saturated heterocycles. The van der Waals surface area contributed by atoms with E-state index in [-0.39, 0.29) is 5.91 Å². The Kier molecular flexibility index (Phi) is 4.87. The first-order valence-electron chi connectivity index (χ1n) is 6.44. The number of pyridine rings is 1. The number of hydrogen-bond acceptors (Lipinski definition) is 4. The van der Waals surface area contributed by atoms with Gasteiger partial charge in [0, 0.05) is 23.8 Å². The van der Waals surface area contributed by atoms with Crippen LogP contribution in [0, 0.1) is 0 Å². The average molecular weight is 285 g/mol. The highest BCUT2D eigenvalue weighted by Crippen LogP contribution is 2.16. The van der Waals surface area contributed by atoms with E-state index in [4.69, 9.17) is 4.74 Å². The lowest BCUT2D eigenvalue weighted by molar-refractivity contribution is 0.102. The summed E-state index contributed by atoms with van der Waals surface area (Å²) in [5.41, 5.74) is 1.57. The predicted octanol–water partition coefficient (Wildman–Crippen LogP) is 2.90. The average Bonchev–Trinajstić information content (AvgIpc) is 2.48. The largest absolute Gasteiger partial charge is 0.450 e. The van der Waals surface area contributed by atoms with Crippen LogP contribution in [0.4, 0.5) is 16.2 Å². The van der Waals surface area contributed by atoms with Gasteiger partial charge in [0.05, 0.1) is 12.2 Å². The summed E-state index contributed by atoms with van der Waals surface area (Å²) in [5.74, 6) is -0.267. The van der Waals surface area contributed by atoms with Crippen LogP contribution in [-0.4, -0.2) is 23.6 Å². The van der Waals surface area contributed by atoms with Crippen LogP contribution in [0.25, 0.3) is 0 Å². The molecule has 0 atom stereocenters. The molecule has 0 spiro atoms. The number of ether oxygens (including phenoxy) is 1. The van der Waals surface area contributed by atoms with Gasteiger partial charge in [-0.15, -0.1) is 0 Å². The fourth-order valence-corrected chi connectivity index (χ4v) is 1.66. The van der Waals surface area contributed by atoms with E-state index in [1.807, 2.05) is 0 Å². The molecule has 2 aromatic rings. The van der Waals surface area contributed by atoms with Gasteiger partial charge in [-0.3, -0.25) is 15.1 Å². The highest BCUT2D eigenvalue weighted by molar-refractivity contribution is 6.04. The van der Waals surface area contributed by atoms with Crippen LogP contribution in [0.3, 0.4) is 0 Å². The molecule has 6 nitrogen and oxygen atoms in total. The molecule has 0 aliphatic heterocycles. The van der Waals surface area contributed by atoms with Crippen molar-refractivity contribution in [3.05, 3.63) is 54.4 Å². The summed E-state index contributed by atoms with van der Waals surface area (Å²) in [6.45, 7) is 2.02. The van der Waals surface area contributed by atoms with Gasteiger partial charge in [-0.2, -0.15) is 0 Å². The van der Waals surface area contributed by atoms with Gasteiger partial charge in [0.15, 0.2) is 0 Å². The van der Waals surface area contributed by atoms with E-state index in [0.717, 1.165) is 0 Å². The third-order valence-electron chi connectivity index (χ3n) is 2.57. The third-order valence-corrected chi connectivity index (χ3v) is 2.57. The standard InChI is InChI=1S/C15H15N3O3/c1-2-21-15(20)18-13-7-3-6-12(9-13)17-14(19)11-5-4-8-16-10-11/h3-10H,2H2,1H3,(H,17,19)(H,18,20). The Morgan fingerprint density at radius 3 is 2.57 bits per heavy atom. The Balaban J connectivity index is 2.04. The number of anilines is 2. The Labute approximate surface area is 122 Å². The Hall–Kier alpha value is -2.89. The van der Waals surface area contributed by atoms with E-state index in [2.05, 4.69) is 15.6 Å². The summed E-state index contributed by atoms with van der Waals surface area (Å²) < 4.78 is 4.79. The first-order chi connectivity index (χ1) is 10.2. The van der Waals surface area contributed by atoms with Crippen LogP contribution in [0.2, 0.25) is 0 Å². The van der Waals surface area contributed by atoms with Gasteiger partial charge in [0.1, 0.15) is 0 Å². The van der Waals surface area contributed by atoms with Crippen LogP contribution in [-0.2, 0) is 4.74 Å². The molecule has 0 aliphatic carbocycles. The Bertz CT molecular complexity index is 629. The molecule has 1 aromatic carbocycles. The minimum Gasteiger partial charge on any atom is -0.450 e. The van der Waals surface area contributed by atoms with Crippen LogP contribution >= 0.6 is 0 Å². The molecule has 0 aliphatic rings. The van der Waals surface area contributed by atoms with Gasteiger partial charge in [0.25, 0.3) is 5.91 Å². The summed E-state index contributed by atoms with van der Waals surface area (Å²) in [4.78, 5) is 27.2. The first-order valence-corrected chi connectivity index (χ1v) is 6.44. The van der Waals surface area contributed by atoms with Gasteiger partial charge >= 0.3 is 6.09 Å². The summed E-state index contributed by atoms with van der Waals surface area (Å²) in [7, 11) is 0. The molecule has 2 rings (SSSR count). The quantitative estimate of drug-likeness (QED) is 0.905. The number of benzene rings is 1. The Morgan fingerprint density at radius 2 is 1.90 bits per heavy atom. The van der Waals surface area contributed by atoms with Crippen LogP contribution in [0.15, 0.2) is 48.8 Å². The number of rotatable bonds is 4. The Morgan fingerprint density at radius 1 is 1.14 bits per heavy atom. The second kappa shape index (κ2) is 7.04. The zero-order chi connectivity index (χ0) is 15.1. The minimum atomic E-state index is -0.534. The van der Waals surface area contributed by atoms with Crippen molar-refractivity contribution in [1.82, 2.24) is 4.98 Å². The molecular weight excluding hydrogens is 270 g/mol. The van der Waals surface area contributed by atoms with E-state index in [1.165, 1.54) is 6.20 Å². The lowest BCUT2D eigenvalue weighted by Crippen LogP contribution is -2.14. The van der Waals surface area contributed by atoms with Crippen molar-refractivity contribution in [2.75, 3.05) is 17.2 Å². The molecule has 2 amide bonds. The monoisotopic (exact) mass is 285 g/mol. The minimum absolute atomic E-state index is 0.267. The summed E-state index contributed by atoms with van der Waals surface area (Å²) in [6.07, 6.45) is 2.55. The molecule has 0 fully saturated rings. The molecule has 0 radical (unpaired) electrons. The van der Waals surface area contributed by atoms with Crippen molar-refractivity contribution in [1.29, 1.82) is 0 Å². The molecule has 2 N–H and O–H groups in total. The molecule has 0 unspecified atom stereocenters.